The Kier molecular flexibility index (Phi) is 6.91. The molecule has 6 heteroatoms. The van der Waals surface area contributed by atoms with E-state index in [-0.39, 0.29) is 6.42 Å². The fourth-order valence-electron chi connectivity index (χ4n) is 2.43. The summed E-state index contributed by atoms with van der Waals surface area (Å²) < 4.78 is 9.77. The molecule has 0 fully saturated rings. The maximum Gasteiger partial charge on any atom is 0.338 e. The van der Waals surface area contributed by atoms with Crippen molar-refractivity contribution in [3.8, 4) is 0 Å². The van der Waals surface area contributed by atoms with Crippen LogP contribution in [0.3, 0.4) is 0 Å². The van der Waals surface area contributed by atoms with E-state index in [0.29, 0.717) is 5.56 Å². The lowest BCUT2D eigenvalue weighted by Gasteiger charge is -2.16. The lowest BCUT2D eigenvalue weighted by atomic mass is 10.1. The van der Waals surface area contributed by atoms with Crippen LogP contribution in [0.4, 0.5) is 0 Å². The number of esters is 2. The van der Waals surface area contributed by atoms with Crippen molar-refractivity contribution in [2.24, 2.45) is 0 Å². The number of methoxy groups -OCH3 is 1. The predicted molar refractivity (Wildman–Crippen MR) is 95.6 cm³/mol. The van der Waals surface area contributed by atoms with Crippen LogP contribution in [-0.2, 0) is 25.5 Å². The van der Waals surface area contributed by atoms with Gasteiger partial charge in [0.05, 0.1) is 12.7 Å². The molecule has 1 N–H and O–H groups in total. The minimum atomic E-state index is -0.855. The maximum atomic E-state index is 12.1. The predicted octanol–water partition coefficient (Wildman–Crippen LogP) is 2.05. The zero-order valence-electron chi connectivity index (χ0n) is 14.7. The standard InChI is InChI=1S/C20H21NO5/c1-14-8-6-7-11-16(14)19(23)26-13-18(22)21-17(20(24)25-2)12-15-9-4-3-5-10-15/h3-11,17H,12-13H2,1-2H3,(H,21,22)/t17-/m1/s1. The second-order valence-corrected chi connectivity index (χ2v) is 5.72. The Hall–Kier alpha value is -3.15. The molecule has 0 aromatic heterocycles. The van der Waals surface area contributed by atoms with Crippen LogP contribution in [0.5, 0.6) is 0 Å². The molecule has 0 heterocycles. The molecule has 2 rings (SSSR count). The minimum absolute atomic E-state index is 0.283. The number of ether oxygens (including phenoxy) is 2. The molecule has 0 aliphatic carbocycles. The summed E-state index contributed by atoms with van der Waals surface area (Å²) in [6.07, 6.45) is 0.283. The van der Waals surface area contributed by atoms with Crippen molar-refractivity contribution in [2.45, 2.75) is 19.4 Å². The van der Waals surface area contributed by atoms with Gasteiger partial charge in [0.15, 0.2) is 6.61 Å². The van der Waals surface area contributed by atoms with Crippen molar-refractivity contribution in [1.82, 2.24) is 5.32 Å². The van der Waals surface area contributed by atoms with Gasteiger partial charge in [0.2, 0.25) is 0 Å². The van der Waals surface area contributed by atoms with E-state index in [9.17, 15) is 14.4 Å². The van der Waals surface area contributed by atoms with Gasteiger partial charge in [-0.1, -0.05) is 48.5 Å². The van der Waals surface area contributed by atoms with Gasteiger partial charge in [-0.05, 0) is 24.1 Å². The first-order chi connectivity index (χ1) is 12.5. The van der Waals surface area contributed by atoms with Crippen LogP contribution in [-0.4, -0.2) is 37.6 Å². The summed E-state index contributed by atoms with van der Waals surface area (Å²) in [7, 11) is 1.25. The van der Waals surface area contributed by atoms with Crippen LogP contribution < -0.4 is 5.32 Å². The third-order valence-corrected chi connectivity index (χ3v) is 3.80. The van der Waals surface area contributed by atoms with E-state index in [1.807, 2.05) is 36.4 Å². The highest BCUT2D eigenvalue weighted by atomic mass is 16.5. The number of nitrogens with one attached hydrogen (secondary N) is 1. The first kappa shape index (κ1) is 19.2. The molecule has 0 bridgehead atoms. The summed E-state index contributed by atoms with van der Waals surface area (Å²) in [4.78, 5) is 36.0. The van der Waals surface area contributed by atoms with Crippen LogP contribution in [0, 0.1) is 6.92 Å². The van der Waals surface area contributed by atoms with Crippen LogP contribution in [0.1, 0.15) is 21.5 Å². The van der Waals surface area contributed by atoms with E-state index < -0.39 is 30.5 Å². The first-order valence-electron chi connectivity index (χ1n) is 8.15. The van der Waals surface area contributed by atoms with Crippen molar-refractivity contribution >= 4 is 17.8 Å². The Morgan fingerprint density at radius 3 is 2.31 bits per heavy atom. The van der Waals surface area contributed by atoms with E-state index in [1.165, 1.54) is 7.11 Å². The molecular formula is C20H21NO5. The fraction of sp³-hybridized carbons (Fsp3) is 0.250. The quantitative estimate of drug-likeness (QED) is 0.769. The molecule has 6 nitrogen and oxygen atoms in total. The normalized spacial score (nSPS) is 11.3. The smallest absolute Gasteiger partial charge is 0.338 e. The van der Waals surface area contributed by atoms with Crippen LogP contribution >= 0.6 is 0 Å². The molecule has 0 unspecified atom stereocenters. The number of carbonyl (C=O) groups is 3. The first-order valence-corrected chi connectivity index (χ1v) is 8.15. The Morgan fingerprint density at radius 2 is 1.65 bits per heavy atom. The molecule has 136 valence electrons. The summed E-state index contributed by atoms with van der Waals surface area (Å²) in [5, 5.41) is 2.55. The van der Waals surface area contributed by atoms with Gasteiger partial charge in [-0.25, -0.2) is 9.59 Å². The monoisotopic (exact) mass is 355 g/mol. The molecule has 26 heavy (non-hydrogen) atoms. The van der Waals surface area contributed by atoms with E-state index in [4.69, 9.17) is 9.47 Å². The van der Waals surface area contributed by atoms with Crippen molar-refractivity contribution in [3.05, 3.63) is 71.3 Å². The third-order valence-electron chi connectivity index (χ3n) is 3.80. The van der Waals surface area contributed by atoms with Crippen LogP contribution in [0.2, 0.25) is 0 Å². The molecule has 2 aromatic rings. The Balaban J connectivity index is 1.93. The summed E-state index contributed by atoms with van der Waals surface area (Å²) in [6.45, 7) is 1.30. The van der Waals surface area contributed by atoms with Crippen molar-refractivity contribution in [2.75, 3.05) is 13.7 Å². The molecular weight excluding hydrogens is 334 g/mol. The third kappa shape index (κ3) is 5.44. The number of benzene rings is 2. The minimum Gasteiger partial charge on any atom is -0.467 e. The average molecular weight is 355 g/mol. The second-order valence-electron chi connectivity index (χ2n) is 5.72. The van der Waals surface area contributed by atoms with Crippen molar-refractivity contribution in [3.63, 3.8) is 0 Å². The number of aryl methyl sites for hydroxylation is 1. The lowest BCUT2D eigenvalue weighted by Crippen LogP contribution is -2.44. The van der Waals surface area contributed by atoms with Gasteiger partial charge in [0, 0.05) is 6.42 Å². The van der Waals surface area contributed by atoms with Crippen molar-refractivity contribution < 1.29 is 23.9 Å². The molecule has 1 atom stereocenters. The summed E-state index contributed by atoms with van der Waals surface area (Å²) >= 11 is 0. The van der Waals surface area contributed by atoms with E-state index in [1.54, 1.807) is 25.1 Å². The molecule has 0 aliphatic rings. The van der Waals surface area contributed by atoms with E-state index >= 15 is 0 Å². The molecule has 0 aliphatic heterocycles. The highest BCUT2D eigenvalue weighted by Crippen LogP contribution is 2.09. The topological polar surface area (TPSA) is 81.7 Å². The number of rotatable bonds is 7. The SMILES string of the molecule is COC(=O)[C@@H](Cc1ccccc1)NC(=O)COC(=O)c1ccccc1C. The molecule has 1 amide bonds. The van der Waals surface area contributed by atoms with Gasteiger partial charge in [-0.15, -0.1) is 0 Å². The van der Waals surface area contributed by atoms with E-state index in [0.717, 1.165) is 11.1 Å². The van der Waals surface area contributed by atoms with Gasteiger partial charge in [-0.3, -0.25) is 4.79 Å². The van der Waals surface area contributed by atoms with E-state index in [2.05, 4.69) is 5.32 Å². The summed E-state index contributed by atoms with van der Waals surface area (Å²) in [5.74, 6) is -1.72. The zero-order chi connectivity index (χ0) is 18.9. The Bertz CT molecular complexity index is 773. The number of hydrogen-bond acceptors (Lipinski definition) is 5. The number of carbonyl (C=O) groups excluding carboxylic acids is 3. The number of hydrogen-bond donors (Lipinski definition) is 1. The van der Waals surface area contributed by atoms with Gasteiger partial charge in [0.1, 0.15) is 6.04 Å². The number of amides is 1. The van der Waals surface area contributed by atoms with Crippen LogP contribution in [0.25, 0.3) is 0 Å². The van der Waals surface area contributed by atoms with Gasteiger partial charge in [-0.2, -0.15) is 0 Å². The fourth-order valence-corrected chi connectivity index (χ4v) is 2.43. The molecule has 0 spiro atoms. The molecule has 2 aromatic carbocycles. The molecule has 0 saturated carbocycles. The lowest BCUT2D eigenvalue weighted by molar-refractivity contribution is -0.145. The van der Waals surface area contributed by atoms with Gasteiger partial charge < -0.3 is 14.8 Å². The van der Waals surface area contributed by atoms with Gasteiger partial charge >= 0.3 is 11.9 Å². The van der Waals surface area contributed by atoms with Crippen LogP contribution in [0.15, 0.2) is 54.6 Å². The maximum absolute atomic E-state index is 12.1. The molecule has 0 radical (unpaired) electrons. The van der Waals surface area contributed by atoms with Crippen molar-refractivity contribution in [1.29, 1.82) is 0 Å². The highest BCUT2D eigenvalue weighted by Gasteiger charge is 2.22. The summed E-state index contributed by atoms with van der Waals surface area (Å²) in [5.41, 5.74) is 2.03. The largest absolute Gasteiger partial charge is 0.467 e. The summed E-state index contributed by atoms with van der Waals surface area (Å²) in [6, 6.07) is 15.3. The second kappa shape index (κ2) is 9.36. The highest BCUT2D eigenvalue weighted by molar-refractivity contribution is 5.93. The Morgan fingerprint density at radius 1 is 1.00 bits per heavy atom. The van der Waals surface area contributed by atoms with Gasteiger partial charge in [0.25, 0.3) is 5.91 Å². The Labute approximate surface area is 152 Å². The molecule has 0 saturated heterocycles. The average Bonchev–Trinajstić information content (AvgIpc) is 2.66. The zero-order valence-corrected chi connectivity index (χ0v) is 14.7.